The van der Waals surface area contributed by atoms with Crippen LogP contribution in [0, 0.1) is 0 Å². The molecular weight excluding hydrogens is 304 g/mol. The number of nitrogens with zero attached hydrogens (tertiary/aromatic N) is 1. The molecule has 21 heavy (non-hydrogen) atoms. The van der Waals surface area contributed by atoms with E-state index < -0.39 is 0 Å². The van der Waals surface area contributed by atoms with Crippen LogP contribution in [0.1, 0.15) is 15.9 Å². The zero-order valence-corrected chi connectivity index (χ0v) is 13.5. The monoisotopic (exact) mass is 320 g/mol. The molecule has 0 fully saturated rings. The van der Waals surface area contributed by atoms with Crippen LogP contribution in [0.15, 0.2) is 47.4 Å². The number of thioether (sulfide) groups is 1. The van der Waals surface area contributed by atoms with Crippen LogP contribution < -0.4 is 5.73 Å². The second kappa shape index (κ2) is 6.87. The van der Waals surface area contributed by atoms with Gasteiger partial charge in [0.05, 0.1) is 16.3 Å². The van der Waals surface area contributed by atoms with Crippen molar-refractivity contribution in [1.29, 1.82) is 0 Å². The molecule has 3 nitrogen and oxygen atoms in total. The minimum atomic E-state index is -0.138. The van der Waals surface area contributed by atoms with E-state index in [-0.39, 0.29) is 5.91 Å². The first-order valence-electron chi connectivity index (χ1n) is 6.45. The highest BCUT2D eigenvalue weighted by atomic mass is 35.5. The number of nitrogens with two attached hydrogens (primary N) is 1. The van der Waals surface area contributed by atoms with Gasteiger partial charge in [-0.25, -0.2) is 0 Å². The molecular formula is C16H17ClN2OS. The van der Waals surface area contributed by atoms with Crippen LogP contribution >= 0.6 is 23.4 Å². The van der Waals surface area contributed by atoms with E-state index in [9.17, 15) is 4.79 Å². The molecule has 0 saturated carbocycles. The summed E-state index contributed by atoms with van der Waals surface area (Å²) >= 11 is 7.79. The Hall–Kier alpha value is -1.65. The Labute approximate surface area is 134 Å². The fraction of sp³-hybridized carbons (Fsp3) is 0.188. The Morgan fingerprint density at radius 3 is 2.52 bits per heavy atom. The van der Waals surface area contributed by atoms with Gasteiger partial charge in [0.2, 0.25) is 0 Å². The summed E-state index contributed by atoms with van der Waals surface area (Å²) < 4.78 is 0. The van der Waals surface area contributed by atoms with E-state index in [4.69, 9.17) is 17.3 Å². The average molecular weight is 321 g/mol. The Kier molecular flexibility index (Phi) is 5.15. The number of halogens is 1. The SMILES string of the molecule is CSc1ccc(CN(C)C(=O)c2cccc(N)c2Cl)cc1. The highest BCUT2D eigenvalue weighted by Gasteiger charge is 2.16. The second-order valence-electron chi connectivity index (χ2n) is 4.72. The molecule has 0 aliphatic heterocycles. The molecule has 5 heteroatoms. The highest BCUT2D eigenvalue weighted by Crippen LogP contribution is 2.24. The van der Waals surface area contributed by atoms with E-state index in [2.05, 4.69) is 0 Å². The number of anilines is 1. The fourth-order valence-electron chi connectivity index (χ4n) is 2.00. The van der Waals surface area contributed by atoms with Crippen LogP contribution in [-0.4, -0.2) is 24.1 Å². The standard InChI is InChI=1S/C16H17ClN2OS/c1-19(10-11-6-8-12(21-2)9-7-11)16(20)13-4-3-5-14(18)15(13)17/h3-9H,10,18H2,1-2H3. The molecule has 0 aromatic heterocycles. The third-order valence-corrected chi connectivity index (χ3v) is 4.35. The molecule has 0 unspecified atom stereocenters. The molecule has 0 radical (unpaired) electrons. The van der Waals surface area contributed by atoms with Gasteiger partial charge >= 0.3 is 0 Å². The number of amides is 1. The number of benzene rings is 2. The molecule has 1 amide bonds. The van der Waals surface area contributed by atoms with Crippen LogP contribution in [-0.2, 0) is 6.54 Å². The van der Waals surface area contributed by atoms with Gasteiger partial charge in [0, 0.05) is 18.5 Å². The van der Waals surface area contributed by atoms with Gasteiger partial charge < -0.3 is 10.6 Å². The van der Waals surface area contributed by atoms with Crippen LogP contribution in [0.5, 0.6) is 0 Å². The second-order valence-corrected chi connectivity index (χ2v) is 5.98. The smallest absolute Gasteiger partial charge is 0.255 e. The maximum absolute atomic E-state index is 12.4. The summed E-state index contributed by atoms with van der Waals surface area (Å²) in [5.74, 6) is -0.138. The lowest BCUT2D eigenvalue weighted by Crippen LogP contribution is -2.26. The van der Waals surface area contributed by atoms with Crippen molar-refractivity contribution >= 4 is 35.0 Å². The first kappa shape index (κ1) is 15.7. The number of hydrogen-bond donors (Lipinski definition) is 1. The first-order valence-corrected chi connectivity index (χ1v) is 8.05. The molecule has 2 N–H and O–H groups in total. The van der Waals surface area contributed by atoms with Gasteiger partial charge in [0.15, 0.2) is 0 Å². The normalized spacial score (nSPS) is 10.4. The van der Waals surface area contributed by atoms with Crippen LogP contribution in [0.4, 0.5) is 5.69 Å². The van der Waals surface area contributed by atoms with Crippen LogP contribution in [0.3, 0.4) is 0 Å². The van der Waals surface area contributed by atoms with Crippen molar-refractivity contribution in [2.24, 2.45) is 0 Å². The summed E-state index contributed by atoms with van der Waals surface area (Å²) in [4.78, 5) is 15.3. The summed E-state index contributed by atoms with van der Waals surface area (Å²) in [6.07, 6.45) is 2.03. The molecule has 2 aromatic carbocycles. The van der Waals surface area contributed by atoms with Crippen molar-refractivity contribution in [2.45, 2.75) is 11.4 Å². The van der Waals surface area contributed by atoms with Crippen LogP contribution in [0.2, 0.25) is 5.02 Å². The van der Waals surface area contributed by atoms with Crippen molar-refractivity contribution in [3.8, 4) is 0 Å². The third kappa shape index (κ3) is 3.71. The molecule has 0 bridgehead atoms. The van der Waals surface area contributed by atoms with E-state index in [0.29, 0.717) is 22.8 Å². The lowest BCUT2D eigenvalue weighted by molar-refractivity contribution is 0.0785. The fourth-order valence-corrected chi connectivity index (χ4v) is 2.61. The molecule has 0 saturated heterocycles. The topological polar surface area (TPSA) is 46.3 Å². The van der Waals surface area contributed by atoms with Crippen molar-refractivity contribution < 1.29 is 4.79 Å². The van der Waals surface area contributed by atoms with Gasteiger partial charge in [-0.05, 0) is 36.1 Å². The summed E-state index contributed by atoms with van der Waals surface area (Å²) in [6.45, 7) is 0.526. The van der Waals surface area contributed by atoms with E-state index in [1.165, 1.54) is 4.90 Å². The van der Waals surface area contributed by atoms with Gasteiger partial charge in [0.1, 0.15) is 0 Å². The van der Waals surface area contributed by atoms with Crippen molar-refractivity contribution in [3.63, 3.8) is 0 Å². The number of carbonyl (C=O) groups is 1. The largest absolute Gasteiger partial charge is 0.398 e. The third-order valence-electron chi connectivity index (χ3n) is 3.18. The van der Waals surface area contributed by atoms with Crippen molar-refractivity contribution in [2.75, 3.05) is 19.0 Å². The van der Waals surface area contributed by atoms with Crippen LogP contribution in [0.25, 0.3) is 0 Å². The summed E-state index contributed by atoms with van der Waals surface area (Å²) in [5.41, 5.74) is 7.66. The van der Waals surface area contributed by atoms with Gasteiger partial charge in [-0.1, -0.05) is 29.8 Å². The quantitative estimate of drug-likeness (QED) is 0.686. The summed E-state index contributed by atoms with van der Waals surface area (Å²) in [5, 5.41) is 0.312. The predicted molar refractivity (Wildman–Crippen MR) is 89.9 cm³/mol. The Morgan fingerprint density at radius 2 is 1.90 bits per heavy atom. The van der Waals surface area contributed by atoms with Gasteiger partial charge in [0.25, 0.3) is 5.91 Å². The zero-order valence-electron chi connectivity index (χ0n) is 12.0. The molecule has 0 atom stereocenters. The van der Waals surface area contributed by atoms with Gasteiger partial charge in [-0.3, -0.25) is 4.79 Å². The molecule has 0 aliphatic carbocycles. The Morgan fingerprint density at radius 1 is 1.24 bits per heavy atom. The average Bonchev–Trinajstić information content (AvgIpc) is 2.50. The molecule has 2 rings (SSSR count). The van der Waals surface area contributed by atoms with Crippen molar-refractivity contribution in [1.82, 2.24) is 4.90 Å². The van der Waals surface area contributed by atoms with Gasteiger partial charge in [-0.15, -0.1) is 11.8 Å². The summed E-state index contributed by atoms with van der Waals surface area (Å²) in [6, 6.07) is 13.2. The number of carbonyl (C=O) groups excluding carboxylic acids is 1. The van der Waals surface area contributed by atoms with Gasteiger partial charge in [-0.2, -0.15) is 0 Å². The predicted octanol–water partition coefficient (Wildman–Crippen LogP) is 3.92. The number of rotatable bonds is 4. The Bertz CT molecular complexity index is 643. The van der Waals surface area contributed by atoms with E-state index in [1.807, 2.05) is 30.5 Å². The molecule has 0 spiro atoms. The molecule has 110 valence electrons. The summed E-state index contributed by atoms with van der Waals surface area (Å²) in [7, 11) is 1.75. The molecule has 0 aliphatic rings. The Balaban J connectivity index is 2.13. The maximum atomic E-state index is 12.4. The minimum absolute atomic E-state index is 0.138. The van der Waals surface area contributed by atoms with E-state index in [0.717, 1.165) is 5.56 Å². The highest BCUT2D eigenvalue weighted by molar-refractivity contribution is 7.98. The zero-order chi connectivity index (χ0) is 15.4. The lowest BCUT2D eigenvalue weighted by atomic mass is 10.1. The number of nitrogen functional groups attached to an aromatic ring is 1. The first-order chi connectivity index (χ1) is 10.0. The maximum Gasteiger partial charge on any atom is 0.255 e. The molecule has 2 aromatic rings. The molecule has 0 heterocycles. The number of hydrogen-bond acceptors (Lipinski definition) is 3. The van der Waals surface area contributed by atoms with Crippen molar-refractivity contribution in [3.05, 3.63) is 58.6 Å². The van der Waals surface area contributed by atoms with E-state index in [1.54, 1.807) is 41.9 Å². The minimum Gasteiger partial charge on any atom is -0.398 e. The lowest BCUT2D eigenvalue weighted by Gasteiger charge is -2.18. The van der Waals surface area contributed by atoms with E-state index >= 15 is 0 Å².